The van der Waals surface area contributed by atoms with Gasteiger partial charge in [0.25, 0.3) is 5.91 Å². The van der Waals surface area contributed by atoms with Crippen molar-refractivity contribution in [2.24, 2.45) is 10.4 Å². The molecule has 1 aromatic carbocycles. The van der Waals surface area contributed by atoms with E-state index in [0.717, 1.165) is 49.7 Å². The van der Waals surface area contributed by atoms with Crippen LogP contribution in [0.5, 0.6) is 0 Å². The van der Waals surface area contributed by atoms with Crippen molar-refractivity contribution in [1.29, 1.82) is 0 Å². The molecule has 0 radical (unpaired) electrons. The van der Waals surface area contributed by atoms with Crippen LogP contribution in [0.2, 0.25) is 0 Å². The minimum absolute atomic E-state index is 0.0304. The molecule has 0 saturated carbocycles. The Morgan fingerprint density at radius 3 is 2.44 bits per heavy atom. The van der Waals surface area contributed by atoms with Gasteiger partial charge in [0, 0.05) is 45.8 Å². The van der Waals surface area contributed by atoms with Gasteiger partial charge >= 0.3 is 0 Å². The van der Waals surface area contributed by atoms with Crippen LogP contribution in [0.25, 0.3) is 0 Å². The lowest BCUT2D eigenvalue weighted by atomic mass is 9.93. The monoisotopic (exact) mass is 375 g/mol. The van der Waals surface area contributed by atoms with Crippen molar-refractivity contribution in [3.05, 3.63) is 35.4 Å². The van der Waals surface area contributed by atoms with Crippen LogP contribution in [-0.4, -0.2) is 76.0 Å². The summed E-state index contributed by atoms with van der Waals surface area (Å²) in [4.78, 5) is 20.6. The quantitative estimate of drug-likeness (QED) is 0.512. The molecule has 0 aliphatic rings. The first-order valence-corrected chi connectivity index (χ1v) is 9.62. The average Bonchev–Trinajstić information content (AvgIpc) is 2.58. The summed E-state index contributed by atoms with van der Waals surface area (Å²) in [6.45, 7) is 9.86. The van der Waals surface area contributed by atoms with E-state index in [0.29, 0.717) is 0 Å². The molecule has 0 fully saturated rings. The first kappa shape index (κ1) is 23.0. The third kappa shape index (κ3) is 8.91. The highest BCUT2D eigenvalue weighted by atomic mass is 16.2. The second-order valence-corrected chi connectivity index (χ2v) is 8.17. The van der Waals surface area contributed by atoms with E-state index in [2.05, 4.69) is 56.5 Å². The molecule has 152 valence electrons. The zero-order valence-electron chi connectivity index (χ0n) is 18.1. The van der Waals surface area contributed by atoms with E-state index in [1.165, 1.54) is 0 Å². The molecule has 1 amide bonds. The lowest BCUT2D eigenvalue weighted by Crippen LogP contribution is -2.40. The van der Waals surface area contributed by atoms with Crippen LogP contribution < -0.4 is 10.6 Å². The normalized spacial score (nSPS) is 12.2. The van der Waals surface area contributed by atoms with Crippen molar-refractivity contribution in [1.82, 2.24) is 20.4 Å². The molecule has 1 aromatic rings. The summed E-state index contributed by atoms with van der Waals surface area (Å²) in [5, 5.41) is 6.70. The predicted molar refractivity (Wildman–Crippen MR) is 114 cm³/mol. The Labute approximate surface area is 165 Å². The second kappa shape index (κ2) is 10.9. The number of nitrogens with zero attached hydrogens (tertiary/aromatic N) is 3. The smallest absolute Gasteiger partial charge is 0.253 e. The zero-order valence-corrected chi connectivity index (χ0v) is 18.1. The molecule has 0 aliphatic carbocycles. The van der Waals surface area contributed by atoms with Gasteiger partial charge in [-0.1, -0.05) is 26.0 Å². The predicted octanol–water partition coefficient (Wildman–Crippen LogP) is 2.07. The molecule has 0 atom stereocenters. The number of benzene rings is 1. The maximum absolute atomic E-state index is 12.1. The standard InChI is InChI=1S/C21H37N5O/c1-8-22-20(24-15-21(2,3)16-25(4)5)23-13-12-17-10-9-11-18(14-17)19(27)26(6)7/h9-11,14H,8,12-13,15-16H2,1-7H3,(H2,22,23,24). The number of hydrogen-bond donors (Lipinski definition) is 2. The number of carbonyl (C=O) groups excluding carboxylic acids is 1. The fourth-order valence-corrected chi connectivity index (χ4v) is 2.98. The van der Waals surface area contributed by atoms with E-state index in [4.69, 9.17) is 4.99 Å². The molecule has 0 unspecified atom stereocenters. The first-order valence-electron chi connectivity index (χ1n) is 9.62. The molecular formula is C21H37N5O. The Morgan fingerprint density at radius 2 is 1.85 bits per heavy atom. The molecule has 0 spiro atoms. The van der Waals surface area contributed by atoms with Crippen molar-refractivity contribution in [2.45, 2.75) is 27.2 Å². The van der Waals surface area contributed by atoms with E-state index in [9.17, 15) is 4.79 Å². The number of carbonyl (C=O) groups is 1. The van der Waals surface area contributed by atoms with E-state index >= 15 is 0 Å². The first-order chi connectivity index (χ1) is 12.6. The van der Waals surface area contributed by atoms with Gasteiger partial charge in [0.2, 0.25) is 0 Å². The highest BCUT2D eigenvalue weighted by Crippen LogP contribution is 2.16. The Balaban J connectivity index is 2.64. The van der Waals surface area contributed by atoms with Crippen LogP contribution in [0.3, 0.4) is 0 Å². The Hall–Kier alpha value is -2.08. The van der Waals surface area contributed by atoms with Gasteiger partial charge in [-0.2, -0.15) is 0 Å². The van der Waals surface area contributed by atoms with Gasteiger partial charge < -0.3 is 20.4 Å². The number of rotatable bonds is 9. The Bertz CT molecular complexity index is 623. The van der Waals surface area contributed by atoms with Crippen LogP contribution in [0.1, 0.15) is 36.7 Å². The molecule has 0 aromatic heterocycles. The largest absolute Gasteiger partial charge is 0.357 e. The molecule has 1 rings (SSSR count). The van der Waals surface area contributed by atoms with Crippen molar-refractivity contribution in [2.75, 3.05) is 54.4 Å². The molecule has 0 aliphatic heterocycles. The second-order valence-electron chi connectivity index (χ2n) is 8.17. The summed E-state index contributed by atoms with van der Waals surface area (Å²) in [6, 6.07) is 7.82. The fraction of sp³-hybridized carbons (Fsp3) is 0.619. The average molecular weight is 376 g/mol. The number of amides is 1. The topological polar surface area (TPSA) is 60.0 Å². The van der Waals surface area contributed by atoms with Crippen LogP contribution in [0.4, 0.5) is 0 Å². The summed E-state index contributed by atoms with van der Waals surface area (Å²) in [7, 11) is 7.72. The maximum atomic E-state index is 12.1. The van der Waals surface area contributed by atoms with Crippen molar-refractivity contribution in [3.63, 3.8) is 0 Å². The van der Waals surface area contributed by atoms with Gasteiger partial charge in [-0.15, -0.1) is 0 Å². The molecular weight excluding hydrogens is 338 g/mol. The van der Waals surface area contributed by atoms with Gasteiger partial charge in [-0.25, -0.2) is 0 Å². The van der Waals surface area contributed by atoms with Crippen LogP contribution in [0.15, 0.2) is 29.3 Å². The van der Waals surface area contributed by atoms with Crippen LogP contribution in [0, 0.1) is 5.41 Å². The summed E-state index contributed by atoms with van der Waals surface area (Å²) in [5.74, 6) is 0.868. The number of nitrogens with one attached hydrogen (secondary N) is 2. The molecule has 6 heteroatoms. The lowest BCUT2D eigenvalue weighted by Gasteiger charge is -2.26. The molecule has 0 heterocycles. The Kier molecular flexibility index (Phi) is 9.29. The van der Waals surface area contributed by atoms with Crippen molar-refractivity contribution >= 4 is 11.9 Å². The lowest BCUT2D eigenvalue weighted by molar-refractivity contribution is 0.0827. The van der Waals surface area contributed by atoms with Gasteiger partial charge in [0.15, 0.2) is 5.96 Å². The van der Waals surface area contributed by atoms with Gasteiger partial charge in [0.05, 0.1) is 0 Å². The fourth-order valence-electron chi connectivity index (χ4n) is 2.98. The molecule has 0 saturated heterocycles. The maximum Gasteiger partial charge on any atom is 0.253 e. The van der Waals surface area contributed by atoms with Gasteiger partial charge in [0.1, 0.15) is 0 Å². The highest BCUT2D eigenvalue weighted by Gasteiger charge is 2.18. The third-order valence-electron chi connectivity index (χ3n) is 4.04. The third-order valence-corrected chi connectivity index (χ3v) is 4.04. The SMILES string of the molecule is CCNC(=NCC(C)(C)CN(C)C)NCCc1cccc(C(=O)N(C)C)c1. The highest BCUT2D eigenvalue weighted by molar-refractivity contribution is 5.94. The van der Waals surface area contributed by atoms with Gasteiger partial charge in [-0.3, -0.25) is 9.79 Å². The summed E-state index contributed by atoms with van der Waals surface area (Å²) in [5.41, 5.74) is 1.98. The molecule has 2 N–H and O–H groups in total. The van der Waals surface area contributed by atoms with Crippen molar-refractivity contribution < 1.29 is 4.79 Å². The number of aliphatic imine (C=N–C) groups is 1. The van der Waals surface area contributed by atoms with E-state index in [1.807, 2.05) is 18.2 Å². The van der Waals surface area contributed by atoms with Crippen LogP contribution >= 0.6 is 0 Å². The number of hydrogen-bond acceptors (Lipinski definition) is 3. The molecule has 27 heavy (non-hydrogen) atoms. The summed E-state index contributed by atoms with van der Waals surface area (Å²) >= 11 is 0. The van der Waals surface area contributed by atoms with Gasteiger partial charge in [-0.05, 0) is 50.6 Å². The molecule has 6 nitrogen and oxygen atoms in total. The zero-order chi connectivity index (χ0) is 20.4. The summed E-state index contributed by atoms with van der Waals surface area (Å²) in [6.07, 6.45) is 0.833. The minimum Gasteiger partial charge on any atom is -0.357 e. The van der Waals surface area contributed by atoms with E-state index < -0.39 is 0 Å². The Morgan fingerprint density at radius 1 is 1.15 bits per heavy atom. The van der Waals surface area contributed by atoms with E-state index in [1.54, 1.807) is 19.0 Å². The van der Waals surface area contributed by atoms with Crippen molar-refractivity contribution in [3.8, 4) is 0 Å². The molecule has 0 bridgehead atoms. The van der Waals surface area contributed by atoms with Crippen LogP contribution in [-0.2, 0) is 6.42 Å². The number of guanidine groups is 1. The summed E-state index contributed by atoms with van der Waals surface area (Å²) < 4.78 is 0. The minimum atomic E-state index is 0.0304. The van der Waals surface area contributed by atoms with E-state index in [-0.39, 0.29) is 11.3 Å².